The fourth-order valence-corrected chi connectivity index (χ4v) is 1.98. The summed E-state index contributed by atoms with van der Waals surface area (Å²) in [6.45, 7) is 0.829. The summed E-state index contributed by atoms with van der Waals surface area (Å²) in [7, 11) is 0. The molecule has 0 radical (unpaired) electrons. The van der Waals surface area contributed by atoms with Crippen molar-refractivity contribution in [2.45, 2.75) is 6.42 Å². The van der Waals surface area contributed by atoms with E-state index in [1.165, 1.54) is 5.39 Å². The maximum absolute atomic E-state index is 11.8. The van der Waals surface area contributed by atoms with Gasteiger partial charge in [-0.2, -0.15) is 0 Å². The van der Waals surface area contributed by atoms with Gasteiger partial charge in [0.1, 0.15) is 0 Å². The lowest BCUT2D eigenvalue weighted by Crippen LogP contribution is -2.29. The largest absolute Gasteiger partial charge is 0.370 e. The van der Waals surface area contributed by atoms with E-state index in [1.54, 1.807) is 0 Å². The van der Waals surface area contributed by atoms with Gasteiger partial charge in [0.2, 0.25) is 5.91 Å². The van der Waals surface area contributed by atoms with E-state index in [9.17, 15) is 4.79 Å². The van der Waals surface area contributed by atoms with Crippen LogP contribution in [0.1, 0.15) is 5.56 Å². The van der Waals surface area contributed by atoms with Crippen molar-refractivity contribution in [2.75, 3.05) is 13.1 Å². The minimum Gasteiger partial charge on any atom is -0.370 e. The molecule has 0 heterocycles. The molecule has 5 heteroatoms. The third kappa shape index (κ3) is 3.98. The zero-order chi connectivity index (χ0) is 14.4. The van der Waals surface area contributed by atoms with Crippen molar-refractivity contribution in [3.05, 3.63) is 48.0 Å². The van der Waals surface area contributed by atoms with Gasteiger partial charge in [-0.15, -0.1) is 0 Å². The molecule has 5 N–H and O–H groups in total. The Kier molecular flexibility index (Phi) is 4.55. The van der Waals surface area contributed by atoms with Crippen molar-refractivity contribution in [3.63, 3.8) is 0 Å². The van der Waals surface area contributed by atoms with Crippen LogP contribution in [0.5, 0.6) is 0 Å². The fourth-order valence-electron chi connectivity index (χ4n) is 1.98. The highest BCUT2D eigenvalue weighted by molar-refractivity contribution is 5.85. The summed E-state index contributed by atoms with van der Waals surface area (Å²) < 4.78 is 0. The van der Waals surface area contributed by atoms with Gasteiger partial charge >= 0.3 is 0 Å². The average molecular weight is 270 g/mol. The zero-order valence-electron chi connectivity index (χ0n) is 11.2. The average Bonchev–Trinajstić information content (AvgIpc) is 2.43. The van der Waals surface area contributed by atoms with Crippen LogP contribution >= 0.6 is 0 Å². The Labute approximate surface area is 117 Å². The van der Waals surface area contributed by atoms with E-state index in [0.717, 1.165) is 10.9 Å². The molecule has 104 valence electrons. The number of nitrogens with zero attached hydrogens (tertiary/aromatic N) is 1. The maximum atomic E-state index is 11.8. The molecule has 0 fully saturated rings. The molecule has 1 amide bonds. The van der Waals surface area contributed by atoms with Gasteiger partial charge < -0.3 is 16.8 Å². The van der Waals surface area contributed by atoms with E-state index < -0.39 is 0 Å². The number of rotatable bonds is 5. The summed E-state index contributed by atoms with van der Waals surface area (Å²) in [5, 5.41) is 5.09. The van der Waals surface area contributed by atoms with Gasteiger partial charge in [-0.25, -0.2) is 0 Å². The number of hydrogen-bond donors (Lipinski definition) is 3. The van der Waals surface area contributed by atoms with Gasteiger partial charge in [0.25, 0.3) is 0 Å². The van der Waals surface area contributed by atoms with Crippen LogP contribution in [0.4, 0.5) is 0 Å². The lowest BCUT2D eigenvalue weighted by atomic mass is 10.1. The van der Waals surface area contributed by atoms with Crippen molar-refractivity contribution in [2.24, 2.45) is 16.5 Å². The summed E-state index contributed by atoms with van der Waals surface area (Å²) in [6, 6.07) is 14.1. The molecule has 2 rings (SSSR count). The van der Waals surface area contributed by atoms with E-state index in [1.807, 2.05) is 36.4 Å². The third-order valence-electron chi connectivity index (χ3n) is 2.91. The van der Waals surface area contributed by atoms with E-state index in [0.29, 0.717) is 19.5 Å². The second-order valence-corrected chi connectivity index (χ2v) is 4.51. The first-order chi connectivity index (χ1) is 9.65. The molecule has 0 unspecified atom stereocenters. The highest BCUT2D eigenvalue weighted by atomic mass is 16.1. The van der Waals surface area contributed by atoms with Crippen molar-refractivity contribution in [3.8, 4) is 0 Å². The number of guanidine groups is 1. The van der Waals surface area contributed by atoms with Crippen molar-refractivity contribution < 1.29 is 4.79 Å². The van der Waals surface area contributed by atoms with E-state index in [4.69, 9.17) is 11.5 Å². The predicted octanol–water partition coefficient (Wildman–Crippen LogP) is 0.772. The molecule has 0 saturated carbocycles. The molecule has 0 bridgehead atoms. The summed E-state index contributed by atoms with van der Waals surface area (Å²) in [5.41, 5.74) is 11.4. The zero-order valence-corrected chi connectivity index (χ0v) is 11.2. The molecule has 0 aliphatic heterocycles. The van der Waals surface area contributed by atoms with E-state index in [2.05, 4.69) is 16.4 Å². The molecular weight excluding hydrogens is 252 g/mol. The molecule has 2 aromatic rings. The number of aliphatic imine (C=N–C) groups is 1. The summed E-state index contributed by atoms with van der Waals surface area (Å²) in [6.07, 6.45) is 0.354. The number of carbonyl (C=O) groups excluding carboxylic acids is 1. The number of fused-ring (bicyclic) bond motifs is 1. The fraction of sp³-hybridized carbons (Fsp3) is 0.200. The Bertz CT molecular complexity index is 633. The quantitative estimate of drug-likeness (QED) is 0.425. The molecule has 5 nitrogen and oxygen atoms in total. The first kappa shape index (κ1) is 13.9. The number of benzene rings is 2. The topological polar surface area (TPSA) is 93.5 Å². The van der Waals surface area contributed by atoms with Gasteiger partial charge in [0.15, 0.2) is 5.96 Å². The molecule has 0 spiro atoms. The molecule has 0 aliphatic rings. The predicted molar refractivity (Wildman–Crippen MR) is 81.3 cm³/mol. The molecule has 2 aromatic carbocycles. The number of amides is 1. The van der Waals surface area contributed by atoms with Gasteiger partial charge in [0.05, 0.1) is 13.0 Å². The Morgan fingerprint density at radius 1 is 1.10 bits per heavy atom. The monoisotopic (exact) mass is 270 g/mol. The molecule has 0 aliphatic carbocycles. The van der Waals surface area contributed by atoms with Crippen LogP contribution in [0.15, 0.2) is 47.5 Å². The lowest BCUT2D eigenvalue weighted by molar-refractivity contribution is -0.120. The second-order valence-electron chi connectivity index (χ2n) is 4.51. The Morgan fingerprint density at radius 3 is 2.60 bits per heavy atom. The second kappa shape index (κ2) is 6.56. The van der Waals surface area contributed by atoms with Gasteiger partial charge in [-0.05, 0) is 16.3 Å². The Balaban J connectivity index is 1.91. The van der Waals surface area contributed by atoms with Crippen molar-refractivity contribution in [1.82, 2.24) is 5.32 Å². The van der Waals surface area contributed by atoms with Crippen LogP contribution in [0.3, 0.4) is 0 Å². The number of nitrogens with two attached hydrogens (primary N) is 2. The molecule has 0 saturated heterocycles. The van der Waals surface area contributed by atoms with Crippen LogP contribution in [0.25, 0.3) is 10.8 Å². The molecule has 0 atom stereocenters. The maximum Gasteiger partial charge on any atom is 0.224 e. The van der Waals surface area contributed by atoms with Crippen LogP contribution in [0, 0.1) is 0 Å². The smallest absolute Gasteiger partial charge is 0.224 e. The Morgan fingerprint density at radius 2 is 1.85 bits per heavy atom. The minimum absolute atomic E-state index is 0.0359. The Hall–Kier alpha value is -2.56. The van der Waals surface area contributed by atoms with E-state index >= 15 is 0 Å². The summed E-state index contributed by atoms with van der Waals surface area (Å²) in [5.74, 6) is -0.000137. The SMILES string of the molecule is NC(N)=NCCNC(=O)Cc1ccc2ccccc2c1. The third-order valence-corrected chi connectivity index (χ3v) is 2.91. The first-order valence-electron chi connectivity index (χ1n) is 6.45. The van der Waals surface area contributed by atoms with Crippen molar-refractivity contribution in [1.29, 1.82) is 0 Å². The van der Waals surface area contributed by atoms with Gasteiger partial charge in [-0.3, -0.25) is 9.79 Å². The number of hydrogen-bond acceptors (Lipinski definition) is 2. The number of nitrogens with one attached hydrogen (secondary N) is 1. The first-order valence-corrected chi connectivity index (χ1v) is 6.45. The van der Waals surface area contributed by atoms with Gasteiger partial charge in [-0.1, -0.05) is 42.5 Å². The van der Waals surface area contributed by atoms with Crippen LogP contribution in [-0.2, 0) is 11.2 Å². The number of carbonyl (C=O) groups is 1. The summed E-state index contributed by atoms with van der Waals surface area (Å²) in [4.78, 5) is 15.6. The van der Waals surface area contributed by atoms with Crippen molar-refractivity contribution >= 4 is 22.6 Å². The van der Waals surface area contributed by atoms with E-state index in [-0.39, 0.29) is 11.9 Å². The molecule has 0 aromatic heterocycles. The molecule has 20 heavy (non-hydrogen) atoms. The van der Waals surface area contributed by atoms with Crippen LogP contribution < -0.4 is 16.8 Å². The highest BCUT2D eigenvalue weighted by Gasteiger charge is 2.03. The van der Waals surface area contributed by atoms with Crippen LogP contribution in [0.2, 0.25) is 0 Å². The summed E-state index contributed by atoms with van der Waals surface area (Å²) >= 11 is 0. The molecular formula is C15H18N4O. The highest BCUT2D eigenvalue weighted by Crippen LogP contribution is 2.15. The van der Waals surface area contributed by atoms with Crippen LogP contribution in [-0.4, -0.2) is 25.0 Å². The normalized spacial score (nSPS) is 10.2. The minimum atomic E-state index is -0.0360. The standard InChI is InChI=1S/C15H18N4O/c16-15(17)19-8-7-18-14(20)10-11-5-6-12-3-1-2-4-13(12)9-11/h1-6,9H,7-8,10H2,(H,18,20)(H4,16,17,19). The lowest BCUT2D eigenvalue weighted by Gasteiger charge is -2.05. The van der Waals surface area contributed by atoms with Gasteiger partial charge in [0, 0.05) is 6.54 Å².